The van der Waals surface area contributed by atoms with Crippen LogP contribution in [0.2, 0.25) is 5.02 Å². The first kappa shape index (κ1) is 20.1. The number of nitrogens with zero attached hydrogens (tertiary/aromatic N) is 2. The van der Waals surface area contributed by atoms with Crippen LogP contribution in [-0.2, 0) is 11.3 Å². The minimum Gasteiger partial charge on any atom is -0.486 e. The molecule has 3 aromatic carbocycles. The quantitative estimate of drug-likeness (QED) is 0.460. The number of ether oxygens (including phenoxy) is 2. The van der Waals surface area contributed by atoms with Crippen LogP contribution in [0.5, 0.6) is 11.5 Å². The highest BCUT2D eigenvalue weighted by Crippen LogP contribution is 2.32. The van der Waals surface area contributed by atoms with Crippen LogP contribution in [0.3, 0.4) is 0 Å². The number of ketones is 1. The van der Waals surface area contributed by atoms with Gasteiger partial charge < -0.3 is 19.4 Å². The van der Waals surface area contributed by atoms with Crippen molar-refractivity contribution >= 4 is 40.0 Å². The monoisotopic (exact) mass is 447 g/mol. The third kappa shape index (κ3) is 3.90. The first-order valence-electron chi connectivity index (χ1n) is 10.0. The number of anilines is 1. The molecule has 1 N–H and O–H groups in total. The molecular formula is C24H18ClN3O4. The van der Waals surface area contributed by atoms with Crippen LogP contribution in [0.25, 0.3) is 11.0 Å². The summed E-state index contributed by atoms with van der Waals surface area (Å²) in [5, 5.41) is 3.39. The molecule has 0 spiro atoms. The molecule has 1 aromatic heterocycles. The molecular weight excluding hydrogens is 430 g/mol. The van der Waals surface area contributed by atoms with E-state index in [9.17, 15) is 9.59 Å². The normalized spacial score (nSPS) is 12.5. The van der Waals surface area contributed by atoms with Crippen molar-refractivity contribution in [2.24, 2.45) is 0 Å². The molecule has 0 unspecified atom stereocenters. The van der Waals surface area contributed by atoms with Crippen molar-refractivity contribution < 1.29 is 19.1 Å². The molecule has 0 atom stereocenters. The molecule has 7 nitrogen and oxygen atoms in total. The van der Waals surface area contributed by atoms with Crippen LogP contribution in [0.15, 0.2) is 66.7 Å². The summed E-state index contributed by atoms with van der Waals surface area (Å²) in [5.74, 6) is 0.831. The fraction of sp³-hybridized carbons (Fsp3) is 0.125. The number of carbonyl (C=O) groups excluding carboxylic acids is 2. The third-order valence-corrected chi connectivity index (χ3v) is 5.34. The number of rotatable bonds is 5. The fourth-order valence-electron chi connectivity index (χ4n) is 3.60. The van der Waals surface area contributed by atoms with Crippen molar-refractivity contribution in [1.82, 2.24) is 9.55 Å². The summed E-state index contributed by atoms with van der Waals surface area (Å²) in [7, 11) is 0. The molecule has 0 saturated carbocycles. The van der Waals surface area contributed by atoms with Gasteiger partial charge in [0.2, 0.25) is 11.7 Å². The fourth-order valence-corrected chi connectivity index (χ4v) is 3.73. The molecule has 1 aliphatic heterocycles. The van der Waals surface area contributed by atoms with Gasteiger partial charge in [0.25, 0.3) is 0 Å². The number of hydrogen-bond donors (Lipinski definition) is 1. The zero-order valence-corrected chi connectivity index (χ0v) is 17.6. The molecule has 8 heteroatoms. The molecule has 4 aromatic rings. The Bertz CT molecular complexity index is 1330. The Balaban J connectivity index is 1.44. The molecule has 0 aliphatic carbocycles. The van der Waals surface area contributed by atoms with Gasteiger partial charge in [-0.05, 0) is 48.5 Å². The molecule has 2 heterocycles. The average molecular weight is 448 g/mol. The Morgan fingerprint density at radius 2 is 1.72 bits per heavy atom. The highest BCUT2D eigenvalue weighted by Gasteiger charge is 2.21. The molecule has 0 radical (unpaired) electrons. The van der Waals surface area contributed by atoms with Crippen molar-refractivity contribution in [3.05, 3.63) is 83.1 Å². The number of nitrogens with one attached hydrogen (secondary N) is 1. The van der Waals surface area contributed by atoms with Gasteiger partial charge in [-0.1, -0.05) is 23.7 Å². The lowest BCUT2D eigenvalue weighted by Crippen LogP contribution is -2.22. The number of aromatic nitrogens is 2. The Labute approximate surface area is 188 Å². The number of hydrogen-bond acceptors (Lipinski definition) is 5. The molecule has 160 valence electrons. The van der Waals surface area contributed by atoms with Crippen LogP contribution in [0, 0.1) is 0 Å². The predicted molar refractivity (Wildman–Crippen MR) is 121 cm³/mol. The number of amides is 1. The number of para-hydroxylation sites is 2. The second-order valence-electron chi connectivity index (χ2n) is 7.25. The maximum atomic E-state index is 13.2. The number of carbonyl (C=O) groups is 2. The van der Waals surface area contributed by atoms with E-state index in [4.69, 9.17) is 21.1 Å². The highest BCUT2D eigenvalue weighted by atomic mass is 35.5. The summed E-state index contributed by atoms with van der Waals surface area (Å²) in [6.07, 6.45) is 0. The summed E-state index contributed by atoms with van der Waals surface area (Å²) in [4.78, 5) is 30.5. The Morgan fingerprint density at radius 3 is 2.53 bits per heavy atom. The zero-order valence-electron chi connectivity index (χ0n) is 16.9. The maximum Gasteiger partial charge on any atom is 0.244 e. The summed E-state index contributed by atoms with van der Waals surface area (Å²) < 4.78 is 12.7. The Morgan fingerprint density at radius 1 is 0.969 bits per heavy atom. The minimum absolute atomic E-state index is 0.0797. The largest absolute Gasteiger partial charge is 0.486 e. The van der Waals surface area contributed by atoms with E-state index < -0.39 is 0 Å². The van der Waals surface area contributed by atoms with Gasteiger partial charge >= 0.3 is 0 Å². The topological polar surface area (TPSA) is 82.5 Å². The van der Waals surface area contributed by atoms with Crippen LogP contribution in [0.4, 0.5) is 5.69 Å². The van der Waals surface area contributed by atoms with Crippen LogP contribution in [-0.4, -0.2) is 34.5 Å². The zero-order chi connectivity index (χ0) is 22.1. The number of fused-ring (bicyclic) bond motifs is 2. The predicted octanol–water partition coefficient (Wildman–Crippen LogP) is 4.33. The van der Waals surface area contributed by atoms with Gasteiger partial charge in [-0.2, -0.15) is 0 Å². The van der Waals surface area contributed by atoms with E-state index in [0.29, 0.717) is 52.0 Å². The van der Waals surface area contributed by atoms with Crippen molar-refractivity contribution in [3.8, 4) is 11.5 Å². The van der Waals surface area contributed by atoms with Crippen molar-refractivity contribution in [2.45, 2.75) is 6.54 Å². The summed E-state index contributed by atoms with van der Waals surface area (Å²) in [6, 6.07) is 19.1. The number of benzene rings is 3. The molecule has 1 aliphatic rings. The second-order valence-corrected chi connectivity index (χ2v) is 7.69. The molecule has 0 fully saturated rings. The van der Waals surface area contributed by atoms with Gasteiger partial charge in [0.1, 0.15) is 19.8 Å². The number of halogens is 1. The molecule has 1 amide bonds. The van der Waals surface area contributed by atoms with E-state index in [-0.39, 0.29) is 24.1 Å². The molecule has 0 bridgehead atoms. The first-order chi connectivity index (χ1) is 15.6. The van der Waals surface area contributed by atoms with E-state index in [1.807, 2.05) is 24.3 Å². The third-order valence-electron chi connectivity index (χ3n) is 5.09. The van der Waals surface area contributed by atoms with Crippen molar-refractivity contribution in [1.29, 1.82) is 0 Å². The van der Waals surface area contributed by atoms with Crippen molar-refractivity contribution in [2.75, 3.05) is 18.5 Å². The van der Waals surface area contributed by atoms with Gasteiger partial charge in [0.05, 0.1) is 11.0 Å². The van der Waals surface area contributed by atoms with Crippen LogP contribution < -0.4 is 14.8 Å². The standard InChI is InChI=1S/C24H18ClN3O4/c25-16-7-5-15(6-8-16)23(30)24-27-18-3-1-2-4-19(18)28(24)14-22(29)26-17-9-10-20-21(13-17)32-12-11-31-20/h1-10,13H,11-12,14H2,(H,26,29). The summed E-state index contributed by atoms with van der Waals surface area (Å²) in [6.45, 7) is 0.877. The smallest absolute Gasteiger partial charge is 0.244 e. The Hall–Kier alpha value is -3.84. The SMILES string of the molecule is O=C(Cn1c(C(=O)c2ccc(Cl)cc2)nc2ccccc21)Nc1ccc2c(c1)OCCO2. The van der Waals surface area contributed by atoms with E-state index in [2.05, 4.69) is 10.3 Å². The van der Waals surface area contributed by atoms with Gasteiger partial charge in [-0.15, -0.1) is 0 Å². The summed E-state index contributed by atoms with van der Waals surface area (Å²) in [5.41, 5.74) is 2.35. The summed E-state index contributed by atoms with van der Waals surface area (Å²) >= 11 is 5.95. The lowest BCUT2D eigenvalue weighted by molar-refractivity contribution is -0.116. The lowest BCUT2D eigenvalue weighted by atomic mass is 10.1. The van der Waals surface area contributed by atoms with E-state index >= 15 is 0 Å². The van der Waals surface area contributed by atoms with E-state index in [1.54, 1.807) is 47.0 Å². The van der Waals surface area contributed by atoms with Gasteiger partial charge in [-0.3, -0.25) is 9.59 Å². The Kier molecular flexibility index (Phi) is 5.25. The van der Waals surface area contributed by atoms with Crippen LogP contribution in [0.1, 0.15) is 16.2 Å². The van der Waals surface area contributed by atoms with Crippen molar-refractivity contribution in [3.63, 3.8) is 0 Å². The van der Waals surface area contributed by atoms with Gasteiger partial charge in [0, 0.05) is 22.3 Å². The van der Waals surface area contributed by atoms with E-state index in [0.717, 1.165) is 0 Å². The van der Waals surface area contributed by atoms with Crippen LogP contribution >= 0.6 is 11.6 Å². The second kappa shape index (κ2) is 8.36. The number of imidazole rings is 1. The van der Waals surface area contributed by atoms with Gasteiger partial charge in [-0.25, -0.2) is 4.98 Å². The molecule has 5 rings (SSSR count). The van der Waals surface area contributed by atoms with E-state index in [1.165, 1.54) is 0 Å². The molecule has 0 saturated heterocycles. The van der Waals surface area contributed by atoms with Gasteiger partial charge in [0.15, 0.2) is 17.3 Å². The minimum atomic E-state index is -0.296. The average Bonchev–Trinajstić information content (AvgIpc) is 3.17. The first-order valence-corrected chi connectivity index (χ1v) is 10.4. The molecule has 32 heavy (non-hydrogen) atoms. The maximum absolute atomic E-state index is 13.2. The lowest BCUT2D eigenvalue weighted by Gasteiger charge is -2.19. The highest BCUT2D eigenvalue weighted by molar-refractivity contribution is 6.30.